The summed E-state index contributed by atoms with van der Waals surface area (Å²) in [5.41, 5.74) is 0.633. The molecule has 0 atom stereocenters. The van der Waals surface area contributed by atoms with Gasteiger partial charge in [0, 0.05) is 6.20 Å². The largest absolute Gasteiger partial charge is 0.306 e. The molecule has 76 valence electrons. The third kappa shape index (κ3) is 2.16. The molecular weight excluding hydrogens is 212 g/mol. The molecule has 2 aromatic heterocycles. The van der Waals surface area contributed by atoms with Crippen LogP contribution in [0.5, 0.6) is 0 Å². The van der Waals surface area contributed by atoms with Gasteiger partial charge in [-0.2, -0.15) is 0 Å². The SMILES string of the molecule is Cc1nnsc1C(=O)Nc1ccccn1. The number of hydrogen-bond donors (Lipinski definition) is 1. The number of nitrogens with one attached hydrogen (secondary N) is 1. The molecule has 0 radical (unpaired) electrons. The molecular formula is C9H8N4OS. The highest BCUT2D eigenvalue weighted by Crippen LogP contribution is 2.11. The third-order valence-electron chi connectivity index (χ3n) is 1.76. The van der Waals surface area contributed by atoms with Gasteiger partial charge in [0.25, 0.3) is 5.91 Å². The summed E-state index contributed by atoms with van der Waals surface area (Å²) >= 11 is 1.08. The van der Waals surface area contributed by atoms with Gasteiger partial charge in [0.1, 0.15) is 10.7 Å². The minimum absolute atomic E-state index is 0.221. The number of nitrogens with zero attached hydrogens (tertiary/aromatic N) is 3. The van der Waals surface area contributed by atoms with E-state index in [0.717, 1.165) is 11.5 Å². The first-order valence-corrected chi connectivity index (χ1v) is 5.06. The number of anilines is 1. The smallest absolute Gasteiger partial charge is 0.270 e. The van der Waals surface area contributed by atoms with Crippen LogP contribution in [-0.2, 0) is 0 Å². The van der Waals surface area contributed by atoms with Crippen LogP contribution in [0.2, 0.25) is 0 Å². The zero-order valence-corrected chi connectivity index (χ0v) is 8.78. The predicted molar refractivity (Wildman–Crippen MR) is 56.8 cm³/mol. The maximum absolute atomic E-state index is 11.7. The Morgan fingerprint density at radius 2 is 2.33 bits per heavy atom. The second-order valence-corrected chi connectivity index (χ2v) is 3.61. The zero-order chi connectivity index (χ0) is 10.7. The average Bonchev–Trinajstić information content (AvgIpc) is 2.66. The lowest BCUT2D eigenvalue weighted by Gasteiger charge is -2.00. The van der Waals surface area contributed by atoms with Crippen molar-refractivity contribution in [3.63, 3.8) is 0 Å². The summed E-state index contributed by atoms with van der Waals surface area (Å²) in [6.07, 6.45) is 1.62. The Kier molecular flexibility index (Phi) is 2.68. The fourth-order valence-electron chi connectivity index (χ4n) is 1.05. The van der Waals surface area contributed by atoms with Crippen molar-refractivity contribution in [2.45, 2.75) is 6.92 Å². The Hall–Kier alpha value is -1.82. The topological polar surface area (TPSA) is 67.8 Å². The van der Waals surface area contributed by atoms with Crippen molar-refractivity contribution >= 4 is 23.3 Å². The molecule has 15 heavy (non-hydrogen) atoms. The monoisotopic (exact) mass is 220 g/mol. The normalized spacial score (nSPS) is 9.93. The molecule has 6 heteroatoms. The van der Waals surface area contributed by atoms with Crippen LogP contribution < -0.4 is 5.32 Å². The van der Waals surface area contributed by atoms with Crippen molar-refractivity contribution in [1.29, 1.82) is 0 Å². The van der Waals surface area contributed by atoms with E-state index in [1.807, 2.05) is 0 Å². The predicted octanol–water partition coefficient (Wildman–Crippen LogP) is 1.49. The molecule has 0 saturated heterocycles. The summed E-state index contributed by atoms with van der Waals surface area (Å²) in [6.45, 7) is 1.75. The van der Waals surface area contributed by atoms with Crippen molar-refractivity contribution < 1.29 is 4.79 Å². The van der Waals surface area contributed by atoms with E-state index in [2.05, 4.69) is 19.9 Å². The number of amides is 1. The van der Waals surface area contributed by atoms with Crippen LogP contribution in [0.25, 0.3) is 0 Å². The molecule has 2 heterocycles. The molecule has 0 aliphatic carbocycles. The first-order chi connectivity index (χ1) is 7.27. The molecule has 2 aromatic rings. The number of hydrogen-bond acceptors (Lipinski definition) is 5. The molecule has 0 fully saturated rings. The number of pyridine rings is 1. The van der Waals surface area contributed by atoms with Gasteiger partial charge in [0.2, 0.25) is 0 Å². The number of aryl methyl sites for hydroxylation is 1. The van der Waals surface area contributed by atoms with Crippen molar-refractivity contribution in [2.24, 2.45) is 0 Å². The van der Waals surface area contributed by atoms with Gasteiger partial charge in [-0.25, -0.2) is 4.98 Å². The number of rotatable bonds is 2. The Bertz CT molecular complexity index is 468. The lowest BCUT2D eigenvalue weighted by molar-refractivity contribution is 0.102. The van der Waals surface area contributed by atoms with Crippen LogP contribution in [0, 0.1) is 6.92 Å². The fraction of sp³-hybridized carbons (Fsp3) is 0.111. The summed E-state index contributed by atoms with van der Waals surface area (Å²) in [5, 5.41) is 6.43. The van der Waals surface area contributed by atoms with E-state index < -0.39 is 0 Å². The average molecular weight is 220 g/mol. The van der Waals surface area contributed by atoms with Gasteiger partial charge < -0.3 is 5.32 Å². The van der Waals surface area contributed by atoms with Crippen molar-refractivity contribution in [2.75, 3.05) is 5.32 Å². The van der Waals surface area contributed by atoms with E-state index in [-0.39, 0.29) is 5.91 Å². The Morgan fingerprint density at radius 1 is 1.47 bits per heavy atom. The van der Waals surface area contributed by atoms with Crippen LogP contribution in [0.15, 0.2) is 24.4 Å². The van der Waals surface area contributed by atoms with Crippen LogP contribution in [0.3, 0.4) is 0 Å². The maximum Gasteiger partial charge on any atom is 0.270 e. The molecule has 0 aliphatic heterocycles. The van der Waals surface area contributed by atoms with Gasteiger partial charge in [-0.15, -0.1) is 5.10 Å². The Morgan fingerprint density at radius 3 is 2.93 bits per heavy atom. The van der Waals surface area contributed by atoms with E-state index in [4.69, 9.17) is 0 Å². The van der Waals surface area contributed by atoms with Crippen molar-refractivity contribution in [1.82, 2.24) is 14.6 Å². The highest BCUT2D eigenvalue weighted by atomic mass is 32.1. The summed E-state index contributed by atoms with van der Waals surface area (Å²) in [4.78, 5) is 16.2. The fourth-order valence-corrected chi connectivity index (χ4v) is 1.60. The summed E-state index contributed by atoms with van der Waals surface area (Å²) < 4.78 is 3.69. The molecule has 0 aromatic carbocycles. The molecule has 0 saturated carbocycles. The van der Waals surface area contributed by atoms with E-state index in [9.17, 15) is 4.79 Å². The van der Waals surface area contributed by atoms with E-state index in [1.165, 1.54) is 0 Å². The number of carbonyl (C=O) groups excluding carboxylic acids is 1. The summed E-state index contributed by atoms with van der Waals surface area (Å²) in [5.74, 6) is 0.302. The minimum Gasteiger partial charge on any atom is -0.306 e. The Balaban J connectivity index is 2.15. The molecule has 2 rings (SSSR count). The lowest BCUT2D eigenvalue weighted by atomic mass is 10.3. The third-order valence-corrected chi connectivity index (χ3v) is 2.59. The van der Waals surface area contributed by atoms with Gasteiger partial charge >= 0.3 is 0 Å². The van der Waals surface area contributed by atoms with Gasteiger partial charge in [-0.05, 0) is 30.6 Å². The molecule has 0 unspecified atom stereocenters. The first-order valence-electron chi connectivity index (χ1n) is 4.28. The molecule has 1 N–H and O–H groups in total. The van der Waals surface area contributed by atoms with Gasteiger partial charge in [0.15, 0.2) is 0 Å². The van der Waals surface area contributed by atoms with Crippen LogP contribution >= 0.6 is 11.5 Å². The van der Waals surface area contributed by atoms with E-state index in [1.54, 1.807) is 31.3 Å². The van der Waals surface area contributed by atoms with E-state index >= 15 is 0 Å². The first kappa shape index (κ1) is 9.72. The molecule has 0 spiro atoms. The molecule has 0 bridgehead atoms. The van der Waals surface area contributed by atoms with Gasteiger partial charge in [0.05, 0.1) is 5.69 Å². The highest BCUT2D eigenvalue weighted by molar-refractivity contribution is 7.08. The van der Waals surface area contributed by atoms with E-state index in [0.29, 0.717) is 16.4 Å². The minimum atomic E-state index is -0.221. The lowest BCUT2D eigenvalue weighted by Crippen LogP contribution is -2.12. The highest BCUT2D eigenvalue weighted by Gasteiger charge is 2.13. The quantitative estimate of drug-likeness (QED) is 0.832. The molecule has 1 amide bonds. The second-order valence-electron chi connectivity index (χ2n) is 2.86. The molecule has 0 aliphatic rings. The van der Waals surface area contributed by atoms with Gasteiger partial charge in [-0.1, -0.05) is 10.6 Å². The van der Waals surface area contributed by atoms with Crippen molar-refractivity contribution in [3.05, 3.63) is 35.0 Å². The Labute approximate surface area is 90.3 Å². The van der Waals surface area contributed by atoms with Crippen LogP contribution in [0.1, 0.15) is 15.4 Å². The van der Waals surface area contributed by atoms with Crippen LogP contribution in [0.4, 0.5) is 5.82 Å². The second kappa shape index (κ2) is 4.14. The van der Waals surface area contributed by atoms with Crippen LogP contribution in [-0.4, -0.2) is 20.5 Å². The van der Waals surface area contributed by atoms with Gasteiger partial charge in [-0.3, -0.25) is 4.79 Å². The molecule has 5 nitrogen and oxygen atoms in total. The summed E-state index contributed by atoms with van der Waals surface area (Å²) in [6, 6.07) is 5.32. The number of carbonyl (C=O) groups is 1. The standard InChI is InChI=1S/C9H8N4OS/c1-6-8(15-13-12-6)9(14)11-7-4-2-3-5-10-7/h2-5H,1H3,(H,10,11,14). The maximum atomic E-state index is 11.7. The zero-order valence-electron chi connectivity index (χ0n) is 7.97. The van der Waals surface area contributed by atoms with Crippen molar-refractivity contribution in [3.8, 4) is 0 Å². The summed E-state index contributed by atoms with van der Waals surface area (Å²) in [7, 11) is 0. The number of aromatic nitrogens is 3.